The zero-order valence-electron chi connectivity index (χ0n) is 24.0. The lowest BCUT2D eigenvalue weighted by atomic mass is 10.1. The van der Waals surface area contributed by atoms with Gasteiger partial charge in [0.2, 0.25) is 0 Å². The smallest absolute Gasteiger partial charge is 0.333 e. The topological polar surface area (TPSA) is 90.2 Å². The Hall–Kier alpha value is -2.37. The Kier molecular flexibility index (Phi) is 10.8. The molecular formula is C31H43FN2O7. The van der Waals surface area contributed by atoms with Crippen LogP contribution in [0.4, 0.5) is 4.39 Å². The van der Waals surface area contributed by atoms with E-state index in [2.05, 4.69) is 0 Å². The number of rotatable bonds is 12. The summed E-state index contributed by atoms with van der Waals surface area (Å²) in [5, 5.41) is 0. The summed E-state index contributed by atoms with van der Waals surface area (Å²) in [4.78, 5) is 26.5. The highest BCUT2D eigenvalue weighted by atomic mass is 19.1. The van der Waals surface area contributed by atoms with Gasteiger partial charge in [-0.25, -0.2) is 9.18 Å². The first-order valence-electron chi connectivity index (χ1n) is 15.1. The summed E-state index contributed by atoms with van der Waals surface area (Å²) < 4.78 is 46.0. The van der Waals surface area contributed by atoms with E-state index in [1.165, 1.54) is 9.13 Å². The fraction of sp³-hybridized carbons (Fsp3) is 0.677. The summed E-state index contributed by atoms with van der Waals surface area (Å²) in [5.41, 5.74) is 1.58. The molecule has 0 amide bonds. The molecule has 3 fully saturated rings. The molecule has 1 aromatic carbocycles. The normalized spacial score (nSPS) is 26.8. The number of nitrogens with zero attached hydrogens (tertiary/aromatic N) is 2. The standard InChI is InChI=1S/C31H43FN2O7/c1-22-20-34(31(36)33(30(22)35)15-5-2-8-23-11-13-24(19-32)14-12-23)27-18-25(41-29-10-4-7-17-38-29)26(40-27)21-39-28-9-3-6-16-37-28/h11-14,20,25-29H,2-10,15-19,21H2,1H3/t25-,26+,27+,28?,29?/m0/s1. The molecule has 0 saturated carbocycles. The predicted molar refractivity (Wildman–Crippen MR) is 150 cm³/mol. The maximum absolute atomic E-state index is 13.6. The number of ether oxygens (including phenoxy) is 5. The van der Waals surface area contributed by atoms with E-state index in [9.17, 15) is 14.0 Å². The van der Waals surface area contributed by atoms with E-state index >= 15 is 0 Å². The number of unbranched alkanes of at least 4 members (excludes halogenated alkanes) is 1. The van der Waals surface area contributed by atoms with E-state index in [0.717, 1.165) is 56.9 Å². The van der Waals surface area contributed by atoms with Crippen molar-refractivity contribution in [3.8, 4) is 0 Å². The molecule has 3 aliphatic heterocycles. The lowest BCUT2D eigenvalue weighted by molar-refractivity contribution is -0.216. The van der Waals surface area contributed by atoms with Crippen molar-refractivity contribution in [2.75, 3.05) is 19.8 Å². The number of aryl methyl sites for hydroxylation is 2. The summed E-state index contributed by atoms with van der Waals surface area (Å²) in [7, 11) is 0. The number of hydrogen-bond acceptors (Lipinski definition) is 7. The van der Waals surface area contributed by atoms with Gasteiger partial charge in [-0.05, 0) is 75.8 Å². The molecule has 4 heterocycles. The first kappa shape index (κ1) is 30.1. The third-order valence-corrected chi connectivity index (χ3v) is 8.18. The van der Waals surface area contributed by atoms with E-state index in [1.807, 2.05) is 12.1 Å². The number of halogens is 1. The monoisotopic (exact) mass is 574 g/mol. The Balaban J connectivity index is 1.25. The lowest BCUT2D eigenvalue weighted by Gasteiger charge is -2.29. The Labute approximate surface area is 240 Å². The van der Waals surface area contributed by atoms with Crippen LogP contribution in [-0.2, 0) is 43.3 Å². The molecule has 0 aliphatic carbocycles. The number of aromatic nitrogens is 2. The first-order chi connectivity index (χ1) is 20.0. The van der Waals surface area contributed by atoms with Crippen LogP contribution in [0, 0.1) is 6.92 Å². The van der Waals surface area contributed by atoms with Crippen LogP contribution in [-0.4, -0.2) is 53.7 Å². The Morgan fingerprint density at radius 1 is 0.951 bits per heavy atom. The van der Waals surface area contributed by atoms with E-state index in [4.69, 9.17) is 23.7 Å². The number of hydrogen-bond donors (Lipinski definition) is 0. The molecule has 0 radical (unpaired) electrons. The van der Waals surface area contributed by atoms with Crippen molar-refractivity contribution >= 4 is 0 Å². The zero-order chi connectivity index (χ0) is 28.6. The molecule has 2 unspecified atom stereocenters. The zero-order valence-corrected chi connectivity index (χ0v) is 24.0. The summed E-state index contributed by atoms with van der Waals surface area (Å²) in [6, 6.07) is 7.43. The van der Waals surface area contributed by atoms with Gasteiger partial charge in [0.05, 0.1) is 12.7 Å². The SMILES string of the molecule is Cc1cn([C@H]2C[C@H](OC3CCCCO3)[C@@H](COC3CCCCO3)O2)c(=O)n(CCCCc2ccc(CF)cc2)c1=O. The molecular weight excluding hydrogens is 531 g/mol. The van der Waals surface area contributed by atoms with Gasteiger partial charge in [0, 0.05) is 37.9 Å². The molecule has 0 bridgehead atoms. The maximum atomic E-state index is 13.6. The lowest BCUT2D eigenvalue weighted by Crippen LogP contribution is -2.42. The quantitative estimate of drug-likeness (QED) is 0.344. The van der Waals surface area contributed by atoms with Crippen molar-refractivity contribution in [2.45, 2.75) is 115 Å². The fourth-order valence-electron chi connectivity index (χ4n) is 5.78. The van der Waals surface area contributed by atoms with Crippen LogP contribution >= 0.6 is 0 Å². The molecule has 41 heavy (non-hydrogen) atoms. The van der Waals surface area contributed by atoms with Crippen molar-refractivity contribution in [1.82, 2.24) is 9.13 Å². The number of alkyl halides is 1. The molecule has 1 aromatic heterocycles. The summed E-state index contributed by atoms with van der Waals surface area (Å²) in [6.45, 7) is 3.22. The van der Waals surface area contributed by atoms with Crippen molar-refractivity contribution in [1.29, 1.82) is 0 Å². The van der Waals surface area contributed by atoms with Crippen LogP contribution in [0.5, 0.6) is 0 Å². The summed E-state index contributed by atoms with van der Waals surface area (Å²) in [6.07, 6.45) is 8.30. The first-order valence-corrected chi connectivity index (χ1v) is 15.1. The van der Waals surface area contributed by atoms with Gasteiger partial charge in [-0.1, -0.05) is 24.3 Å². The van der Waals surface area contributed by atoms with Crippen molar-refractivity contribution in [3.63, 3.8) is 0 Å². The molecule has 0 N–H and O–H groups in total. The van der Waals surface area contributed by atoms with E-state index < -0.39 is 19.0 Å². The second-order valence-electron chi connectivity index (χ2n) is 11.3. The van der Waals surface area contributed by atoms with Gasteiger partial charge in [-0.3, -0.25) is 13.9 Å². The van der Waals surface area contributed by atoms with Gasteiger partial charge in [-0.15, -0.1) is 0 Å². The predicted octanol–water partition coefficient (Wildman–Crippen LogP) is 4.55. The Bertz CT molecular complexity index is 1220. The van der Waals surface area contributed by atoms with Gasteiger partial charge < -0.3 is 23.7 Å². The van der Waals surface area contributed by atoms with Crippen LogP contribution in [0.3, 0.4) is 0 Å². The average Bonchev–Trinajstić information content (AvgIpc) is 3.40. The van der Waals surface area contributed by atoms with Crippen molar-refractivity contribution in [3.05, 3.63) is 68.0 Å². The molecule has 3 saturated heterocycles. The molecule has 5 rings (SSSR count). The highest BCUT2D eigenvalue weighted by Gasteiger charge is 2.40. The van der Waals surface area contributed by atoms with Crippen LogP contribution < -0.4 is 11.2 Å². The minimum Gasteiger partial charge on any atom is -0.353 e. The molecule has 2 aromatic rings. The Morgan fingerprint density at radius 3 is 2.34 bits per heavy atom. The second kappa shape index (κ2) is 14.7. The molecule has 9 nitrogen and oxygen atoms in total. The molecule has 0 spiro atoms. The van der Waals surface area contributed by atoms with Crippen LogP contribution in [0.15, 0.2) is 40.1 Å². The highest BCUT2D eigenvalue weighted by molar-refractivity contribution is 5.22. The van der Waals surface area contributed by atoms with E-state index in [-0.39, 0.29) is 36.5 Å². The second-order valence-corrected chi connectivity index (χ2v) is 11.3. The van der Waals surface area contributed by atoms with Crippen LogP contribution in [0.2, 0.25) is 0 Å². The molecule has 5 atom stereocenters. The van der Waals surface area contributed by atoms with Crippen molar-refractivity contribution in [2.24, 2.45) is 0 Å². The maximum Gasteiger partial charge on any atom is 0.333 e. The van der Waals surface area contributed by atoms with Crippen LogP contribution in [0.25, 0.3) is 0 Å². The number of benzene rings is 1. The largest absolute Gasteiger partial charge is 0.353 e. The van der Waals surface area contributed by atoms with E-state index in [1.54, 1.807) is 25.3 Å². The summed E-state index contributed by atoms with van der Waals surface area (Å²) >= 11 is 0. The summed E-state index contributed by atoms with van der Waals surface area (Å²) in [5.74, 6) is 0. The van der Waals surface area contributed by atoms with Crippen molar-refractivity contribution < 1.29 is 28.1 Å². The van der Waals surface area contributed by atoms with Gasteiger partial charge in [0.15, 0.2) is 12.6 Å². The van der Waals surface area contributed by atoms with E-state index in [0.29, 0.717) is 43.7 Å². The fourth-order valence-corrected chi connectivity index (χ4v) is 5.78. The van der Waals surface area contributed by atoms with Gasteiger partial charge in [0.25, 0.3) is 5.56 Å². The highest BCUT2D eigenvalue weighted by Crippen LogP contribution is 2.33. The Morgan fingerprint density at radius 2 is 1.66 bits per heavy atom. The average molecular weight is 575 g/mol. The van der Waals surface area contributed by atoms with Gasteiger partial charge >= 0.3 is 5.69 Å². The molecule has 10 heteroatoms. The van der Waals surface area contributed by atoms with Gasteiger partial charge in [-0.2, -0.15) is 0 Å². The van der Waals surface area contributed by atoms with Gasteiger partial charge in [0.1, 0.15) is 19.0 Å². The molecule has 226 valence electrons. The third-order valence-electron chi connectivity index (χ3n) is 8.18. The molecule has 3 aliphatic rings. The minimum atomic E-state index is -0.587. The van der Waals surface area contributed by atoms with Crippen LogP contribution in [0.1, 0.15) is 80.7 Å². The minimum absolute atomic E-state index is 0.258. The third kappa shape index (κ3) is 7.93.